The summed E-state index contributed by atoms with van der Waals surface area (Å²) in [7, 11) is 0. The van der Waals surface area contributed by atoms with Crippen LogP contribution in [0.3, 0.4) is 0 Å². The van der Waals surface area contributed by atoms with Crippen molar-refractivity contribution in [3.63, 3.8) is 0 Å². The third-order valence-corrected chi connectivity index (χ3v) is 4.18. The Labute approximate surface area is 149 Å². The molecule has 134 valence electrons. The molecule has 0 spiro atoms. The summed E-state index contributed by atoms with van der Waals surface area (Å²) in [5, 5.41) is 19.5. The van der Waals surface area contributed by atoms with E-state index in [0.717, 1.165) is 12.0 Å². The molecular weight excluding hydrogens is 336 g/mol. The molecule has 0 bridgehead atoms. The average molecular weight is 354 g/mol. The van der Waals surface area contributed by atoms with Crippen molar-refractivity contribution < 1.29 is 24.2 Å². The molecule has 0 aliphatic carbocycles. The van der Waals surface area contributed by atoms with E-state index in [4.69, 9.17) is 9.15 Å². The molecule has 26 heavy (non-hydrogen) atoms. The molecule has 0 aliphatic heterocycles. The molecule has 0 unspecified atom stereocenters. The highest BCUT2D eigenvalue weighted by Crippen LogP contribution is 2.30. The van der Waals surface area contributed by atoms with Crippen LogP contribution in [0.2, 0.25) is 0 Å². The van der Waals surface area contributed by atoms with Gasteiger partial charge in [-0.2, -0.15) is 0 Å². The van der Waals surface area contributed by atoms with Gasteiger partial charge in [0.25, 0.3) is 5.76 Å². The first kappa shape index (κ1) is 17.5. The molecule has 1 heterocycles. The van der Waals surface area contributed by atoms with Crippen LogP contribution in [-0.4, -0.2) is 16.2 Å². The Morgan fingerprint density at radius 2 is 1.81 bits per heavy atom. The van der Waals surface area contributed by atoms with Crippen molar-refractivity contribution in [2.24, 2.45) is 0 Å². The molecule has 2 aromatic carbocycles. The topological polar surface area (TPSA) is 97.0 Å². The molecule has 3 aromatic rings. The van der Waals surface area contributed by atoms with Crippen LogP contribution >= 0.6 is 0 Å². The van der Waals surface area contributed by atoms with Gasteiger partial charge in [0.05, 0.1) is 5.39 Å². The highest BCUT2D eigenvalue weighted by Gasteiger charge is 2.23. The molecular formula is C20H18O6. The fourth-order valence-electron chi connectivity index (χ4n) is 2.69. The number of carboxylic acid groups (broad SMARTS) is 1. The van der Waals surface area contributed by atoms with Crippen molar-refractivity contribution >= 4 is 16.9 Å². The van der Waals surface area contributed by atoms with Gasteiger partial charge in [0.15, 0.2) is 0 Å². The highest BCUT2D eigenvalue weighted by molar-refractivity contribution is 5.91. The summed E-state index contributed by atoms with van der Waals surface area (Å²) in [6, 6.07) is 9.76. The Balaban J connectivity index is 2.19. The molecule has 0 radical (unpaired) electrons. The maximum absolute atomic E-state index is 12.8. The molecule has 0 saturated carbocycles. The molecule has 1 aromatic heterocycles. The van der Waals surface area contributed by atoms with Gasteiger partial charge in [-0.25, -0.2) is 4.79 Å². The number of phenols is 1. The van der Waals surface area contributed by atoms with Crippen molar-refractivity contribution in [3.05, 3.63) is 63.5 Å². The Kier molecular flexibility index (Phi) is 4.67. The number of ether oxygens (including phenoxy) is 1. The van der Waals surface area contributed by atoms with Gasteiger partial charge in [0.1, 0.15) is 17.1 Å². The third kappa shape index (κ3) is 3.13. The summed E-state index contributed by atoms with van der Waals surface area (Å²) in [6.07, 6.45) is 1.36. The fraction of sp³-hybridized carbons (Fsp3) is 0.200. The van der Waals surface area contributed by atoms with Gasteiger partial charge >= 0.3 is 5.97 Å². The molecule has 0 fully saturated rings. The second-order valence-corrected chi connectivity index (χ2v) is 5.82. The molecule has 0 atom stereocenters. The molecule has 2 N–H and O–H groups in total. The predicted molar refractivity (Wildman–Crippen MR) is 96.4 cm³/mol. The lowest BCUT2D eigenvalue weighted by molar-refractivity contribution is 0.0658. The van der Waals surface area contributed by atoms with Gasteiger partial charge in [-0.05, 0) is 42.2 Å². The van der Waals surface area contributed by atoms with E-state index in [1.165, 1.54) is 12.1 Å². The first-order valence-electron chi connectivity index (χ1n) is 8.27. The smallest absolute Gasteiger partial charge is 0.375 e. The SMILES string of the molecule is CCc1ccc(Oc2c(C(=O)O)oc3cc(O)c(CC)cc3c2=O)cc1. The molecule has 3 rings (SSSR count). The summed E-state index contributed by atoms with van der Waals surface area (Å²) in [4.78, 5) is 24.4. The number of fused-ring (bicyclic) bond motifs is 1. The van der Waals surface area contributed by atoms with Crippen LogP contribution in [0.4, 0.5) is 0 Å². The number of carbonyl (C=O) groups is 1. The summed E-state index contributed by atoms with van der Waals surface area (Å²) in [5.41, 5.74) is 1.05. The lowest BCUT2D eigenvalue weighted by Crippen LogP contribution is -2.12. The minimum atomic E-state index is -1.43. The van der Waals surface area contributed by atoms with E-state index in [1.807, 2.05) is 26.0 Å². The zero-order valence-electron chi connectivity index (χ0n) is 14.4. The summed E-state index contributed by atoms with van der Waals surface area (Å²) < 4.78 is 10.9. The largest absolute Gasteiger partial charge is 0.508 e. The van der Waals surface area contributed by atoms with Crippen LogP contribution in [0.25, 0.3) is 11.0 Å². The van der Waals surface area contributed by atoms with Gasteiger partial charge in [-0.3, -0.25) is 4.79 Å². The normalized spacial score (nSPS) is 10.8. The minimum absolute atomic E-state index is 0.00391. The number of hydrogen-bond donors (Lipinski definition) is 2. The zero-order valence-corrected chi connectivity index (χ0v) is 14.4. The Bertz CT molecular complexity index is 1030. The average Bonchev–Trinajstić information content (AvgIpc) is 2.63. The number of rotatable bonds is 5. The molecule has 6 nitrogen and oxygen atoms in total. The summed E-state index contributed by atoms with van der Waals surface area (Å²) in [6.45, 7) is 3.85. The quantitative estimate of drug-likeness (QED) is 0.715. The van der Waals surface area contributed by atoms with Gasteiger partial charge in [-0.1, -0.05) is 26.0 Å². The van der Waals surface area contributed by atoms with E-state index in [0.29, 0.717) is 17.7 Å². The van der Waals surface area contributed by atoms with Crippen LogP contribution in [0.1, 0.15) is 35.5 Å². The van der Waals surface area contributed by atoms with Crippen LogP contribution < -0.4 is 10.2 Å². The molecule has 6 heteroatoms. The number of aryl methyl sites for hydroxylation is 2. The molecule has 0 amide bonds. The number of hydrogen-bond acceptors (Lipinski definition) is 5. The first-order valence-corrected chi connectivity index (χ1v) is 8.27. The maximum Gasteiger partial charge on any atom is 0.375 e. The van der Waals surface area contributed by atoms with E-state index in [2.05, 4.69) is 0 Å². The van der Waals surface area contributed by atoms with Crippen molar-refractivity contribution in [3.8, 4) is 17.2 Å². The number of benzene rings is 2. The van der Waals surface area contributed by atoms with E-state index in [-0.39, 0.29) is 22.5 Å². The second kappa shape index (κ2) is 6.92. The number of aromatic hydroxyl groups is 1. The second-order valence-electron chi connectivity index (χ2n) is 5.82. The fourth-order valence-corrected chi connectivity index (χ4v) is 2.69. The van der Waals surface area contributed by atoms with E-state index < -0.39 is 17.2 Å². The Morgan fingerprint density at radius 1 is 1.12 bits per heavy atom. The first-order chi connectivity index (χ1) is 12.4. The van der Waals surface area contributed by atoms with Crippen LogP contribution in [0.5, 0.6) is 17.2 Å². The summed E-state index contributed by atoms with van der Waals surface area (Å²) >= 11 is 0. The Hall–Kier alpha value is -3.28. The van der Waals surface area contributed by atoms with Crippen LogP contribution in [0.15, 0.2) is 45.6 Å². The van der Waals surface area contributed by atoms with E-state index >= 15 is 0 Å². The Morgan fingerprint density at radius 3 is 2.38 bits per heavy atom. The maximum atomic E-state index is 12.8. The van der Waals surface area contributed by atoms with Crippen molar-refractivity contribution in [1.82, 2.24) is 0 Å². The van der Waals surface area contributed by atoms with Crippen molar-refractivity contribution in [2.45, 2.75) is 26.7 Å². The van der Waals surface area contributed by atoms with Crippen molar-refractivity contribution in [2.75, 3.05) is 0 Å². The van der Waals surface area contributed by atoms with E-state index in [1.54, 1.807) is 12.1 Å². The van der Waals surface area contributed by atoms with E-state index in [9.17, 15) is 19.8 Å². The van der Waals surface area contributed by atoms with Gasteiger partial charge in [0, 0.05) is 6.07 Å². The highest BCUT2D eigenvalue weighted by atomic mass is 16.5. The standard InChI is InChI=1S/C20H18O6/c1-3-11-5-7-13(8-6-11)25-18-17(22)14-9-12(4-2)15(21)10-16(14)26-19(18)20(23)24/h5-10,21H,3-4H2,1-2H3,(H,23,24). The number of carboxylic acids is 1. The lowest BCUT2D eigenvalue weighted by Gasteiger charge is -2.10. The third-order valence-electron chi connectivity index (χ3n) is 4.18. The van der Waals surface area contributed by atoms with Crippen molar-refractivity contribution in [1.29, 1.82) is 0 Å². The zero-order chi connectivity index (χ0) is 18.8. The molecule has 0 aliphatic rings. The number of phenolic OH excluding ortho intramolecular Hbond substituents is 1. The lowest BCUT2D eigenvalue weighted by atomic mass is 10.1. The minimum Gasteiger partial charge on any atom is -0.508 e. The number of aromatic carboxylic acids is 1. The van der Waals surface area contributed by atoms with Gasteiger partial charge in [-0.15, -0.1) is 0 Å². The van der Waals surface area contributed by atoms with Crippen LogP contribution in [-0.2, 0) is 12.8 Å². The predicted octanol–water partition coefficient (Wildman–Crippen LogP) is 4.11. The summed E-state index contributed by atoms with van der Waals surface area (Å²) in [5.74, 6) is -2.13. The van der Waals surface area contributed by atoms with Crippen LogP contribution in [0, 0.1) is 0 Å². The molecule has 0 saturated heterocycles. The van der Waals surface area contributed by atoms with Gasteiger partial charge < -0.3 is 19.4 Å². The monoisotopic (exact) mass is 354 g/mol. The van der Waals surface area contributed by atoms with Gasteiger partial charge in [0.2, 0.25) is 11.2 Å².